The molecule has 0 rings (SSSR count). The van der Waals surface area contributed by atoms with Gasteiger partial charge in [-0.3, -0.25) is 18.6 Å². The highest BCUT2D eigenvalue weighted by Crippen LogP contribution is 2.43. The van der Waals surface area contributed by atoms with Crippen LogP contribution in [0.15, 0.2) is 24.3 Å². The summed E-state index contributed by atoms with van der Waals surface area (Å²) in [6, 6.07) is 0. The van der Waals surface area contributed by atoms with Gasteiger partial charge in [-0.25, -0.2) is 4.57 Å². The molecular formula is C39H74NO8P. The van der Waals surface area contributed by atoms with E-state index in [-0.39, 0.29) is 38.6 Å². The summed E-state index contributed by atoms with van der Waals surface area (Å²) >= 11 is 0. The summed E-state index contributed by atoms with van der Waals surface area (Å²) in [6.45, 7) is 3.68. The van der Waals surface area contributed by atoms with Crippen LogP contribution >= 0.6 is 7.82 Å². The number of hydrogen-bond acceptors (Lipinski definition) is 8. The fourth-order valence-electron chi connectivity index (χ4n) is 5.37. The van der Waals surface area contributed by atoms with Gasteiger partial charge >= 0.3 is 19.8 Å². The highest BCUT2D eigenvalue weighted by Gasteiger charge is 2.25. The zero-order valence-electron chi connectivity index (χ0n) is 31.4. The molecule has 0 aliphatic heterocycles. The molecule has 0 saturated carbocycles. The van der Waals surface area contributed by atoms with Crippen molar-refractivity contribution in [3.8, 4) is 0 Å². The van der Waals surface area contributed by atoms with Gasteiger partial charge in [0.15, 0.2) is 6.10 Å². The van der Waals surface area contributed by atoms with E-state index < -0.39 is 26.5 Å². The predicted octanol–water partition coefficient (Wildman–Crippen LogP) is 10.8. The van der Waals surface area contributed by atoms with E-state index in [9.17, 15) is 19.0 Å². The van der Waals surface area contributed by atoms with Crippen molar-refractivity contribution >= 4 is 19.8 Å². The SMILES string of the molecule is CCCCC/C=C\C/C=C\CCCCCCCCCCCC(=O)O[C@H](COC(=O)CCCCCCCCCCC)COP(=O)(O)OCCN. The van der Waals surface area contributed by atoms with E-state index in [1.807, 2.05) is 0 Å². The van der Waals surface area contributed by atoms with Crippen LogP contribution in [0.2, 0.25) is 0 Å². The Hall–Kier alpha value is -1.51. The van der Waals surface area contributed by atoms with Gasteiger partial charge in [-0.05, 0) is 44.9 Å². The molecule has 1 unspecified atom stereocenters. The van der Waals surface area contributed by atoms with E-state index in [1.165, 1.54) is 96.3 Å². The van der Waals surface area contributed by atoms with Gasteiger partial charge < -0.3 is 20.1 Å². The first-order valence-corrected chi connectivity index (χ1v) is 21.3. The van der Waals surface area contributed by atoms with Gasteiger partial charge in [-0.2, -0.15) is 0 Å². The molecule has 0 aromatic rings. The van der Waals surface area contributed by atoms with E-state index in [4.69, 9.17) is 24.3 Å². The second kappa shape index (κ2) is 36.3. The van der Waals surface area contributed by atoms with Crippen molar-refractivity contribution in [1.29, 1.82) is 0 Å². The largest absolute Gasteiger partial charge is 0.472 e. The van der Waals surface area contributed by atoms with Crippen molar-refractivity contribution in [1.82, 2.24) is 0 Å². The molecule has 288 valence electrons. The molecule has 2 atom stereocenters. The molecule has 0 amide bonds. The first kappa shape index (κ1) is 47.5. The lowest BCUT2D eigenvalue weighted by Gasteiger charge is -2.19. The third-order valence-electron chi connectivity index (χ3n) is 8.34. The Bertz CT molecular complexity index is 866. The van der Waals surface area contributed by atoms with E-state index in [1.54, 1.807) is 0 Å². The molecule has 0 aromatic heterocycles. The summed E-state index contributed by atoms with van der Waals surface area (Å²) in [7, 11) is -4.37. The van der Waals surface area contributed by atoms with Crippen LogP contribution in [0.5, 0.6) is 0 Å². The molecule has 0 saturated heterocycles. The maximum Gasteiger partial charge on any atom is 0.472 e. The average molecular weight is 716 g/mol. The number of hydrogen-bond donors (Lipinski definition) is 2. The van der Waals surface area contributed by atoms with Crippen LogP contribution < -0.4 is 5.73 Å². The summed E-state index contributed by atoms with van der Waals surface area (Å²) in [6.07, 6.45) is 36.4. The minimum absolute atomic E-state index is 0.0539. The molecule has 0 aromatic carbocycles. The van der Waals surface area contributed by atoms with E-state index in [0.29, 0.717) is 6.42 Å². The van der Waals surface area contributed by atoms with Crippen molar-refractivity contribution in [2.45, 2.75) is 187 Å². The zero-order chi connectivity index (χ0) is 36.1. The van der Waals surface area contributed by atoms with Crippen LogP contribution in [0.3, 0.4) is 0 Å². The van der Waals surface area contributed by atoms with E-state index >= 15 is 0 Å². The maximum atomic E-state index is 12.5. The van der Waals surface area contributed by atoms with Crippen LogP contribution in [-0.4, -0.2) is 49.3 Å². The molecule has 0 heterocycles. The minimum atomic E-state index is -4.37. The monoisotopic (exact) mass is 716 g/mol. The molecule has 3 N–H and O–H groups in total. The lowest BCUT2D eigenvalue weighted by Crippen LogP contribution is -2.29. The zero-order valence-corrected chi connectivity index (χ0v) is 32.3. The first-order chi connectivity index (χ1) is 23.8. The average Bonchev–Trinajstić information content (AvgIpc) is 3.08. The summed E-state index contributed by atoms with van der Waals surface area (Å²) in [5.41, 5.74) is 5.33. The van der Waals surface area contributed by atoms with Gasteiger partial charge in [-0.1, -0.05) is 147 Å². The lowest BCUT2D eigenvalue weighted by molar-refractivity contribution is -0.161. The third-order valence-corrected chi connectivity index (χ3v) is 9.32. The molecule has 0 radical (unpaired) electrons. The second-order valence-electron chi connectivity index (χ2n) is 13.2. The Morgan fingerprint density at radius 2 is 1.06 bits per heavy atom. The van der Waals surface area contributed by atoms with Crippen molar-refractivity contribution < 1.29 is 37.6 Å². The van der Waals surface area contributed by atoms with Crippen molar-refractivity contribution in [2.24, 2.45) is 5.73 Å². The number of esters is 2. The van der Waals surface area contributed by atoms with Gasteiger partial charge in [0.05, 0.1) is 13.2 Å². The van der Waals surface area contributed by atoms with Crippen LogP contribution in [0.25, 0.3) is 0 Å². The standard InChI is InChI=1S/C39H74NO8P/c1-3-5-7-9-11-13-14-15-16-17-18-19-20-21-22-24-26-28-30-32-39(42)48-37(36-47-49(43,44)46-34-33-40)35-45-38(41)31-29-27-25-23-12-10-8-6-4-2/h11,13,15-16,37H,3-10,12,14,17-36,40H2,1-2H3,(H,43,44)/b13-11-,16-15-/t37-/m1/s1. The third kappa shape index (κ3) is 36.1. The topological polar surface area (TPSA) is 134 Å². The van der Waals surface area contributed by atoms with Crippen molar-refractivity contribution in [3.05, 3.63) is 24.3 Å². The quantitative estimate of drug-likeness (QED) is 0.0279. The fourth-order valence-corrected chi connectivity index (χ4v) is 6.13. The Morgan fingerprint density at radius 3 is 1.59 bits per heavy atom. The predicted molar refractivity (Wildman–Crippen MR) is 201 cm³/mol. The maximum absolute atomic E-state index is 12.5. The molecule has 0 bridgehead atoms. The minimum Gasteiger partial charge on any atom is -0.462 e. The summed E-state index contributed by atoms with van der Waals surface area (Å²) in [5, 5.41) is 0. The van der Waals surface area contributed by atoms with Crippen LogP contribution in [0, 0.1) is 0 Å². The van der Waals surface area contributed by atoms with E-state index in [0.717, 1.165) is 51.4 Å². The van der Waals surface area contributed by atoms with E-state index in [2.05, 4.69) is 38.2 Å². The molecule has 0 aliphatic carbocycles. The Balaban J connectivity index is 4.13. The summed E-state index contributed by atoms with van der Waals surface area (Å²) in [4.78, 5) is 34.7. The first-order valence-electron chi connectivity index (χ1n) is 19.8. The number of phosphoric ester groups is 1. The highest BCUT2D eigenvalue weighted by molar-refractivity contribution is 7.47. The van der Waals surface area contributed by atoms with Crippen molar-refractivity contribution in [3.63, 3.8) is 0 Å². The molecule has 9 nitrogen and oxygen atoms in total. The number of allylic oxidation sites excluding steroid dienone is 4. The van der Waals surface area contributed by atoms with Crippen LogP contribution in [0.1, 0.15) is 181 Å². The van der Waals surface area contributed by atoms with Crippen LogP contribution in [0.4, 0.5) is 0 Å². The van der Waals surface area contributed by atoms with Gasteiger partial charge in [-0.15, -0.1) is 0 Å². The molecule has 49 heavy (non-hydrogen) atoms. The fraction of sp³-hybridized carbons (Fsp3) is 0.846. The number of rotatable bonds is 37. The normalized spacial score (nSPS) is 13.6. The number of carbonyl (C=O) groups is 2. The molecule has 0 fully saturated rings. The van der Waals surface area contributed by atoms with Crippen LogP contribution in [-0.2, 0) is 32.7 Å². The number of nitrogens with two attached hydrogens (primary N) is 1. The van der Waals surface area contributed by atoms with Gasteiger partial charge in [0.1, 0.15) is 6.61 Å². The number of ether oxygens (including phenoxy) is 2. The van der Waals surface area contributed by atoms with Gasteiger partial charge in [0.2, 0.25) is 0 Å². The van der Waals surface area contributed by atoms with Gasteiger partial charge in [0.25, 0.3) is 0 Å². The summed E-state index contributed by atoms with van der Waals surface area (Å²) < 4.78 is 32.6. The second-order valence-corrected chi connectivity index (χ2v) is 14.6. The Kier molecular flexibility index (Phi) is 35.2. The summed E-state index contributed by atoms with van der Waals surface area (Å²) in [5.74, 6) is -0.833. The smallest absolute Gasteiger partial charge is 0.462 e. The Morgan fingerprint density at radius 1 is 0.612 bits per heavy atom. The highest BCUT2D eigenvalue weighted by atomic mass is 31.2. The molecule has 0 aliphatic rings. The van der Waals surface area contributed by atoms with Gasteiger partial charge in [0, 0.05) is 19.4 Å². The molecular weight excluding hydrogens is 641 g/mol. The van der Waals surface area contributed by atoms with Crippen molar-refractivity contribution in [2.75, 3.05) is 26.4 Å². The Labute approximate surface area is 300 Å². The molecule has 10 heteroatoms. The number of unbranched alkanes of at least 4 members (excludes halogenated alkanes) is 20. The number of carbonyl (C=O) groups excluding carboxylic acids is 2. The molecule has 0 spiro atoms. The lowest BCUT2D eigenvalue weighted by atomic mass is 10.1. The number of phosphoric acid groups is 1.